The minimum atomic E-state index is -0.431. The number of hydrogen-bond acceptors (Lipinski definition) is 4. The zero-order valence-corrected chi connectivity index (χ0v) is 15.0. The highest BCUT2D eigenvalue weighted by molar-refractivity contribution is 6.62. The second-order valence-electron chi connectivity index (χ2n) is 6.96. The van der Waals surface area contributed by atoms with Crippen molar-refractivity contribution in [2.75, 3.05) is 27.2 Å². The quantitative estimate of drug-likeness (QED) is 0.779. The Hall–Kier alpha value is -0.745. The summed E-state index contributed by atoms with van der Waals surface area (Å²) in [6.45, 7) is 9.59. The molecule has 0 N–H and O–H groups in total. The Kier molecular flexibility index (Phi) is 5.12. The molecule has 0 radical (unpaired) electrons. The van der Waals surface area contributed by atoms with Gasteiger partial charge in [0.05, 0.1) is 11.2 Å². The van der Waals surface area contributed by atoms with Gasteiger partial charge in [0.1, 0.15) is 12.4 Å². The molecule has 0 saturated carbocycles. The van der Waals surface area contributed by atoms with Crippen molar-refractivity contribution in [1.29, 1.82) is 0 Å². The molecule has 1 saturated heterocycles. The van der Waals surface area contributed by atoms with Crippen LogP contribution in [0, 0.1) is 0 Å². The third-order valence-corrected chi connectivity index (χ3v) is 4.44. The summed E-state index contributed by atoms with van der Waals surface area (Å²) in [5, 5.41) is 0.618. The Balaban J connectivity index is 2.14. The fourth-order valence-electron chi connectivity index (χ4n) is 2.13. The van der Waals surface area contributed by atoms with E-state index >= 15 is 0 Å². The molecule has 22 heavy (non-hydrogen) atoms. The van der Waals surface area contributed by atoms with Gasteiger partial charge in [-0.05, 0) is 65.5 Å². The maximum atomic E-state index is 6.21. The average molecular weight is 326 g/mol. The Morgan fingerprint density at radius 2 is 1.68 bits per heavy atom. The Morgan fingerprint density at radius 3 is 2.23 bits per heavy atom. The molecule has 4 nitrogen and oxygen atoms in total. The highest BCUT2D eigenvalue weighted by Gasteiger charge is 2.51. The third kappa shape index (κ3) is 3.96. The van der Waals surface area contributed by atoms with Crippen LogP contribution in [0.15, 0.2) is 18.2 Å². The van der Waals surface area contributed by atoms with Crippen molar-refractivity contribution in [2.24, 2.45) is 0 Å². The maximum absolute atomic E-state index is 6.21. The van der Waals surface area contributed by atoms with Gasteiger partial charge in [0.25, 0.3) is 0 Å². The van der Waals surface area contributed by atoms with Crippen molar-refractivity contribution in [3.8, 4) is 5.75 Å². The first-order valence-electron chi connectivity index (χ1n) is 7.54. The fourth-order valence-corrected chi connectivity index (χ4v) is 2.36. The van der Waals surface area contributed by atoms with Crippen LogP contribution in [0.3, 0.4) is 0 Å². The van der Waals surface area contributed by atoms with E-state index in [4.69, 9.17) is 25.6 Å². The molecule has 0 aliphatic carbocycles. The highest BCUT2D eigenvalue weighted by atomic mass is 35.5. The SMILES string of the molecule is CN(C)CCOc1cc(Cl)cc(B2OC(C)(C)C(C)(C)O2)c1. The summed E-state index contributed by atoms with van der Waals surface area (Å²) in [5.41, 5.74) is 0.142. The predicted molar refractivity (Wildman–Crippen MR) is 91.2 cm³/mol. The lowest BCUT2D eigenvalue weighted by Crippen LogP contribution is -2.41. The zero-order valence-electron chi connectivity index (χ0n) is 14.3. The van der Waals surface area contributed by atoms with Crippen LogP contribution in [0.25, 0.3) is 0 Å². The molecule has 1 aliphatic heterocycles. The summed E-state index contributed by atoms with van der Waals surface area (Å²) in [7, 11) is 3.59. The van der Waals surface area contributed by atoms with Crippen molar-refractivity contribution < 1.29 is 14.0 Å². The molecular formula is C16H25BClNO3. The van der Waals surface area contributed by atoms with Gasteiger partial charge in [-0.25, -0.2) is 0 Å². The number of nitrogens with zero attached hydrogens (tertiary/aromatic N) is 1. The molecule has 1 heterocycles. The molecule has 1 fully saturated rings. The summed E-state index contributed by atoms with van der Waals surface area (Å²) < 4.78 is 17.9. The van der Waals surface area contributed by atoms with Gasteiger partial charge in [0.15, 0.2) is 0 Å². The van der Waals surface area contributed by atoms with E-state index < -0.39 is 7.12 Å². The minimum absolute atomic E-state index is 0.369. The van der Waals surface area contributed by atoms with Crippen LogP contribution in [0.4, 0.5) is 0 Å². The fraction of sp³-hybridized carbons (Fsp3) is 0.625. The van der Waals surface area contributed by atoms with Gasteiger partial charge in [-0.2, -0.15) is 0 Å². The average Bonchev–Trinajstić information content (AvgIpc) is 2.57. The zero-order chi connectivity index (χ0) is 16.5. The van der Waals surface area contributed by atoms with Gasteiger partial charge in [0.2, 0.25) is 0 Å². The van der Waals surface area contributed by atoms with E-state index in [9.17, 15) is 0 Å². The Morgan fingerprint density at radius 1 is 1.09 bits per heavy atom. The maximum Gasteiger partial charge on any atom is 0.495 e. The number of hydrogen-bond donors (Lipinski definition) is 0. The Bertz CT molecular complexity index is 518. The van der Waals surface area contributed by atoms with Crippen LogP contribution in [-0.4, -0.2) is 50.5 Å². The van der Waals surface area contributed by atoms with Gasteiger partial charge in [0, 0.05) is 11.6 Å². The van der Waals surface area contributed by atoms with E-state index in [0.717, 1.165) is 17.8 Å². The molecule has 6 heteroatoms. The molecule has 0 spiro atoms. The van der Waals surface area contributed by atoms with Crippen LogP contribution >= 0.6 is 11.6 Å². The highest BCUT2D eigenvalue weighted by Crippen LogP contribution is 2.36. The normalized spacial score (nSPS) is 19.7. The molecule has 0 amide bonds. The number of rotatable bonds is 5. The lowest BCUT2D eigenvalue weighted by Gasteiger charge is -2.32. The molecular weight excluding hydrogens is 300 g/mol. The topological polar surface area (TPSA) is 30.9 Å². The first-order chi connectivity index (χ1) is 10.1. The second-order valence-corrected chi connectivity index (χ2v) is 7.40. The first kappa shape index (κ1) is 17.6. The molecule has 0 aromatic heterocycles. The van der Waals surface area contributed by atoms with Gasteiger partial charge in [-0.3, -0.25) is 0 Å². The lowest BCUT2D eigenvalue weighted by molar-refractivity contribution is 0.00578. The van der Waals surface area contributed by atoms with E-state index in [-0.39, 0.29) is 11.2 Å². The minimum Gasteiger partial charge on any atom is -0.492 e. The monoisotopic (exact) mass is 325 g/mol. The smallest absolute Gasteiger partial charge is 0.492 e. The van der Waals surface area contributed by atoms with Crippen molar-refractivity contribution in [2.45, 2.75) is 38.9 Å². The number of halogens is 1. The van der Waals surface area contributed by atoms with Gasteiger partial charge < -0.3 is 18.9 Å². The summed E-state index contributed by atoms with van der Waals surface area (Å²) in [6.07, 6.45) is 0. The van der Waals surface area contributed by atoms with E-state index in [2.05, 4.69) is 4.90 Å². The van der Waals surface area contributed by atoms with Crippen LogP contribution < -0.4 is 10.2 Å². The summed E-state index contributed by atoms with van der Waals surface area (Å²) in [4.78, 5) is 2.07. The molecule has 0 atom stereocenters. The van der Waals surface area contributed by atoms with Gasteiger partial charge >= 0.3 is 7.12 Å². The molecule has 122 valence electrons. The van der Waals surface area contributed by atoms with Crippen molar-refractivity contribution >= 4 is 24.2 Å². The predicted octanol–water partition coefficient (Wildman–Crippen LogP) is 2.58. The second kappa shape index (κ2) is 6.40. The molecule has 1 aromatic rings. The molecule has 1 aliphatic rings. The van der Waals surface area contributed by atoms with Gasteiger partial charge in [-0.15, -0.1) is 0 Å². The first-order valence-corrected chi connectivity index (χ1v) is 7.92. The van der Waals surface area contributed by atoms with Crippen molar-refractivity contribution in [1.82, 2.24) is 4.90 Å². The number of benzene rings is 1. The van der Waals surface area contributed by atoms with E-state index in [1.807, 2.05) is 60.0 Å². The summed E-state index contributed by atoms with van der Waals surface area (Å²) in [6, 6.07) is 5.61. The van der Waals surface area contributed by atoms with E-state index in [1.54, 1.807) is 0 Å². The molecule has 0 bridgehead atoms. The van der Waals surface area contributed by atoms with Gasteiger partial charge in [-0.1, -0.05) is 11.6 Å². The van der Waals surface area contributed by atoms with Crippen LogP contribution in [0.2, 0.25) is 5.02 Å². The lowest BCUT2D eigenvalue weighted by atomic mass is 9.79. The van der Waals surface area contributed by atoms with Crippen LogP contribution in [-0.2, 0) is 9.31 Å². The standard InChI is InChI=1S/C16H25BClNO3/c1-15(2)16(3,4)22-17(21-15)12-9-13(18)11-14(10-12)20-8-7-19(5)6/h9-11H,7-8H2,1-6H3. The number of likely N-dealkylation sites (N-methyl/N-ethyl adjacent to an activating group) is 1. The summed E-state index contributed by atoms with van der Waals surface area (Å²) >= 11 is 6.21. The third-order valence-electron chi connectivity index (χ3n) is 4.23. The summed E-state index contributed by atoms with van der Waals surface area (Å²) in [5.74, 6) is 0.735. The van der Waals surface area contributed by atoms with E-state index in [1.165, 1.54) is 0 Å². The largest absolute Gasteiger partial charge is 0.495 e. The Labute approximate surface area is 138 Å². The molecule has 1 aromatic carbocycles. The molecule has 0 unspecified atom stereocenters. The van der Waals surface area contributed by atoms with Crippen molar-refractivity contribution in [3.05, 3.63) is 23.2 Å². The van der Waals surface area contributed by atoms with Crippen molar-refractivity contribution in [3.63, 3.8) is 0 Å². The van der Waals surface area contributed by atoms with Crippen LogP contribution in [0.1, 0.15) is 27.7 Å². The van der Waals surface area contributed by atoms with E-state index in [0.29, 0.717) is 11.6 Å². The number of ether oxygens (including phenoxy) is 1. The van der Waals surface area contributed by atoms with Crippen LogP contribution in [0.5, 0.6) is 5.75 Å². The molecule has 2 rings (SSSR count).